The van der Waals surface area contributed by atoms with Crippen LogP contribution in [0.5, 0.6) is 0 Å². The highest BCUT2D eigenvalue weighted by molar-refractivity contribution is 9.10. The quantitative estimate of drug-likeness (QED) is 0.945. The summed E-state index contributed by atoms with van der Waals surface area (Å²) in [5.41, 5.74) is 2.89. The molecule has 2 aromatic rings. The molecule has 1 atom stereocenters. The van der Waals surface area contributed by atoms with Crippen LogP contribution < -0.4 is 0 Å². The van der Waals surface area contributed by atoms with E-state index in [1.54, 1.807) is 11.3 Å². The first-order valence-corrected chi connectivity index (χ1v) is 7.08. The molecule has 0 amide bonds. The molecular weight excluding hydrogens is 300 g/mol. The maximum absolute atomic E-state index is 10.3. The third kappa shape index (κ3) is 2.46. The molecule has 0 saturated heterocycles. The number of hydrogen-bond acceptors (Lipinski definition) is 3. The van der Waals surface area contributed by atoms with Gasteiger partial charge in [0.1, 0.15) is 0 Å². The molecule has 0 saturated carbocycles. The molecule has 0 radical (unpaired) electrons. The Kier molecular flexibility index (Phi) is 3.70. The molecule has 0 spiro atoms. The van der Waals surface area contributed by atoms with Gasteiger partial charge in [0.2, 0.25) is 0 Å². The third-order valence-corrected chi connectivity index (χ3v) is 4.92. The highest BCUT2D eigenvalue weighted by Crippen LogP contribution is 2.30. The second-order valence-corrected chi connectivity index (χ2v) is 5.97. The Labute approximate surface area is 113 Å². The van der Waals surface area contributed by atoms with E-state index >= 15 is 0 Å². The number of aromatic nitrogens is 2. The van der Waals surface area contributed by atoms with Crippen molar-refractivity contribution in [3.8, 4) is 0 Å². The Hall–Kier alpha value is -0.650. The molecule has 2 aromatic heterocycles. The van der Waals surface area contributed by atoms with E-state index in [0.717, 1.165) is 21.4 Å². The van der Waals surface area contributed by atoms with E-state index in [0.29, 0.717) is 6.42 Å². The molecule has 17 heavy (non-hydrogen) atoms. The van der Waals surface area contributed by atoms with Gasteiger partial charge in [0.25, 0.3) is 0 Å². The molecule has 0 aliphatic carbocycles. The Morgan fingerprint density at radius 3 is 2.71 bits per heavy atom. The van der Waals surface area contributed by atoms with Crippen LogP contribution in [0.4, 0.5) is 0 Å². The van der Waals surface area contributed by atoms with Gasteiger partial charge in [-0.15, -0.1) is 11.3 Å². The van der Waals surface area contributed by atoms with Crippen LogP contribution in [-0.4, -0.2) is 14.9 Å². The van der Waals surface area contributed by atoms with Crippen LogP contribution in [0, 0.1) is 13.8 Å². The lowest BCUT2D eigenvalue weighted by atomic mass is 10.0. The summed E-state index contributed by atoms with van der Waals surface area (Å²) in [6.45, 7) is 3.93. The number of aliphatic hydroxyl groups excluding tert-OH is 1. The molecule has 0 aromatic carbocycles. The van der Waals surface area contributed by atoms with Crippen LogP contribution in [0.2, 0.25) is 0 Å². The summed E-state index contributed by atoms with van der Waals surface area (Å²) in [5, 5.41) is 16.7. The van der Waals surface area contributed by atoms with Gasteiger partial charge in [0.05, 0.1) is 11.8 Å². The minimum Gasteiger partial charge on any atom is -0.388 e. The van der Waals surface area contributed by atoms with E-state index in [1.807, 2.05) is 37.0 Å². The lowest BCUT2D eigenvalue weighted by molar-refractivity contribution is 0.177. The second kappa shape index (κ2) is 4.92. The van der Waals surface area contributed by atoms with Gasteiger partial charge in [-0.1, -0.05) is 0 Å². The van der Waals surface area contributed by atoms with Crippen molar-refractivity contribution in [2.75, 3.05) is 0 Å². The third-order valence-electron chi connectivity index (χ3n) is 2.97. The zero-order valence-electron chi connectivity index (χ0n) is 10.1. The van der Waals surface area contributed by atoms with Gasteiger partial charge in [0.15, 0.2) is 0 Å². The monoisotopic (exact) mass is 314 g/mol. The van der Waals surface area contributed by atoms with Crippen molar-refractivity contribution < 1.29 is 5.11 Å². The van der Waals surface area contributed by atoms with E-state index in [-0.39, 0.29) is 0 Å². The van der Waals surface area contributed by atoms with Gasteiger partial charge < -0.3 is 5.11 Å². The number of aryl methyl sites for hydroxylation is 2. The van der Waals surface area contributed by atoms with Crippen molar-refractivity contribution in [1.82, 2.24) is 9.78 Å². The van der Waals surface area contributed by atoms with Crippen LogP contribution in [0.3, 0.4) is 0 Å². The molecule has 0 bridgehead atoms. The second-order valence-electron chi connectivity index (χ2n) is 4.12. The summed E-state index contributed by atoms with van der Waals surface area (Å²) >= 11 is 5.15. The summed E-state index contributed by atoms with van der Waals surface area (Å²) in [6, 6.07) is 2.01. The molecule has 1 N–H and O–H groups in total. The Morgan fingerprint density at radius 1 is 1.53 bits per heavy atom. The van der Waals surface area contributed by atoms with Crippen LogP contribution in [0.1, 0.15) is 27.9 Å². The van der Waals surface area contributed by atoms with Gasteiger partial charge in [0, 0.05) is 34.1 Å². The number of thiophene rings is 1. The molecule has 0 aliphatic rings. The minimum atomic E-state index is -0.487. The van der Waals surface area contributed by atoms with E-state index in [2.05, 4.69) is 21.0 Å². The number of halogens is 1. The largest absolute Gasteiger partial charge is 0.388 e. The van der Waals surface area contributed by atoms with Crippen molar-refractivity contribution in [3.63, 3.8) is 0 Å². The smallest absolute Gasteiger partial charge is 0.0874 e. The van der Waals surface area contributed by atoms with Crippen LogP contribution >= 0.6 is 27.3 Å². The lowest BCUT2D eigenvalue weighted by Crippen LogP contribution is -2.04. The molecule has 2 rings (SSSR count). The van der Waals surface area contributed by atoms with Crippen molar-refractivity contribution in [2.24, 2.45) is 7.05 Å². The molecule has 92 valence electrons. The Morgan fingerprint density at radius 2 is 2.24 bits per heavy atom. The van der Waals surface area contributed by atoms with Crippen molar-refractivity contribution >= 4 is 27.3 Å². The standard InChI is InChI=1S/C12H15BrN2OS/c1-7-12(8(2)15(3)14-7)10(16)6-11-9(13)4-5-17-11/h4-5,10,16H,6H2,1-3H3. The number of hydrogen-bond donors (Lipinski definition) is 1. The first kappa shape index (κ1) is 12.8. The summed E-state index contributed by atoms with van der Waals surface area (Å²) < 4.78 is 2.89. The average molecular weight is 315 g/mol. The highest BCUT2D eigenvalue weighted by Gasteiger charge is 2.19. The lowest BCUT2D eigenvalue weighted by Gasteiger charge is -2.10. The van der Waals surface area contributed by atoms with Crippen LogP contribution in [0.25, 0.3) is 0 Å². The topological polar surface area (TPSA) is 38.0 Å². The number of aliphatic hydroxyl groups is 1. The maximum Gasteiger partial charge on any atom is 0.0874 e. The molecule has 5 heteroatoms. The minimum absolute atomic E-state index is 0.487. The molecule has 3 nitrogen and oxygen atoms in total. The van der Waals surface area contributed by atoms with Crippen LogP contribution in [0.15, 0.2) is 15.9 Å². The fourth-order valence-corrected chi connectivity index (χ4v) is 3.57. The summed E-state index contributed by atoms with van der Waals surface area (Å²) in [4.78, 5) is 1.17. The molecule has 1 unspecified atom stereocenters. The van der Waals surface area contributed by atoms with Crippen molar-refractivity contribution in [3.05, 3.63) is 37.7 Å². The number of nitrogens with zero attached hydrogens (tertiary/aromatic N) is 2. The molecular formula is C12H15BrN2OS. The fourth-order valence-electron chi connectivity index (χ4n) is 2.02. The summed E-state index contributed by atoms with van der Waals surface area (Å²) in [6.07, 6.45) is 0.143. The molecule has 0 fully saturated rings. The average Bonchev–Trinajstić information content (AvgIpc) is 2.74. The maximum atomic E-state index is 10.3. The van der Waals surface area contributed by atoms with Gasteiger partial charge in [-0.2, -0.15) is 5.10 Å². The SMILES string of the molecule is Cc1nn(C)c(C)c1C(O)Cc1sccc1Br. The van der Waals surface area contributed by atoms with Crippen molar-refractivity contribution in [1.29, 1.82) is 0 Å². The predicted molar refractivity (Wildman–Crippen MR) is 73.4 cm³/mol. The zero-order valence-corrected chi connectivity index (χ0v) is 12.5. The van der Waals surface area contributed by atoms with Gasteiger partial charge >= 0.3 is 0 Å². The fraction of sp³-hybridized carbons (Fsp3) is 0.417. The van der Waals surface area contributed by atoms with Crippen molar-refractivity contribution in [2.45, 2.75) is 26.4 Å². The highest BCUT2D eigenvalue weighted by atomic mass is 79.9. The van der Waals surface area contributed by atoms with Gasteiger partial charge in [-0.25, -0.2) is 0 Å². The van der Waals surface area contributed by atoms with E-state index in [4.69, 9.17) is 0 Å². The normalized spacial score (nSPS) is 13.0. The van der Waals surface area contributed by atoms with E-state index < -0.39 is 6.10 Å². The van der Waals surface area contributed by atoms with Gasteiger partial charge in [-0.05, 0) is 41.2 Å². The Balaban J connectivity index is 2.26. The summed E-state index contributed by atoms with van der Waals surface area (Å²) in [7, 11) is 1.90. The Bertz CT molecular complexity index is 533. The van der Waals surface area contributed by atoms with Crippen LogP contribution in [-0.2, 0) is 13.5 Å². The molecule has 2 heterocycles. The van der Waals surface area contributed by atoms with E-state index in [1.165, 1.54) is 4.88 Å². The summed E-state index contributed by atoms with van der Waals surface area (Å²) in [5.74, 6) is 0. The predicted octanol–water partition coefficient (Wildman–Crippen LogP) is 3.14. The first-order valence-electron chi connectivity index (χ1n) is 5.40. The van der Waals surface area contributed by atoms with E-state index in [9.17, 15) is 5.11 Å². The zero-order chi connectivity index (χ0) is 12.6. The first-order chi connectivity index (χ1) is 8.00. The van der Waals surface area contributed by atoms with Gasteiger partial charge in [-0.3, -0.25) is 4.68 Å². The number of rotatable bonds is 3. The molecule has 0 aliphatic heterocycles.